The van der Waals surface area contributed by atoms with E-state index in [4.69, 9.17) is 19.2 Å². The van der Waals surface area contributed by atoms with Gasteiger partial charge in [0, 0.05) is 38.1 Å². The third kappa shape index (κ3) is 5.07. The van der Waals surface area contributed by atoms with Crippen molar-refractivity contribution in [1.29, 1.82) is 0 Å². The molecule has 0 radical (unpaired) electrons. The van der Waals surface area contributed by atoms with Gasteiger partial charge in [-0.05, 0) is 26.0 Å². The van der Waals surface area contributed by atoms with Gasteiger partial charge in [0.25, 0.3) is 5.91 Å². The number of anilines is 1. The summed E-state index contributed by atoms with van der Waals surface area (Å²) in [4.78, 5) is 28.2. The third-order valence-corrected chi connectivity index (χ3v) is 6.91. The number of morpholine rings is 1. The molecule has 4 heterocycles. The molecule has 3 aromatic rings. The summed E-state index contributed by atoms with van der Waals surface area (Å²) in [5.74, 6) is 1.30. The van der Waals surface area contributed by atoms with Crippen LogP contribution in [0.3, 0.4) is 0 Å². The van der Waals surface area contributed by atoms with E-state index in [1.807, 2.05) is 30.5 Å². The smallest absolute Gasteiger partial charge is 0.291 e. The fourth-order valence-electron chi connectivity index (χ4n) is 4.78. The molecule has 2 aliphatic heterocycles. The largest absolute Gasteiger partial charge is 0.491 e. The molecule has 0 saturated carbocycles. The first-order valence-corrected chi connectivity index (χ1v) is 12.8. The van der Waals surface area contributed by atoms with Gasteiger partial charge in [-0.25, -0.2) is 4.98 Å². The molecule has 1 fully saturated rings. The molecule has 36 heavy (non-hydrogen) atoms. The van der Waals surface area contributed by atoms with Crippen molar-refractivity contribution in [3.8, 4) is 11.5 Å². The Kier molecular flexibility index (Phi) is 7.19. The number of methoxy groups -OCH3 is 1. The van der Waals surface area contributed by atoms with Crippen molar-refractivity contribution in [1.82, 2.24) is 19.4 Å². The van der Waals surface area contributed by atoms with E-state index in [-0.39, 0.29) is 24.4 Å². The van der Waals surface area contributed by atoms with Crippen molar-refractivity contribution in [2.45, 2.75) is 38.7 Å². The summed E-state index contributed by atoms with van der Waals surface area (Å²) in [5, 5.41) is 14.8. The second-order valence-electron chi connectivity index (χ2n) is 9.06. The van der Waals surface area contributed by atoms with E-state index in [2.05, 4.69) is 20.2 Å². The molecule has 2 aliphatic rings. The maximum absolute atomic E-state index is 12.6. The Bertz CT molecular complexity index is 1300. The molecule has 0 unspecified atom stereocenters. The van der Waals surface area contributed by atoms with Crippen LogP contribution in [-0.2, 0) is 11.3 Å². The van der Waals surface area contributed by atoms with Crippen LogP contribution in [0.1, 0.15) is 23.5 Å². The summed E-state index contributed by atoms with van der Waals surface area (Å²) >= 11 is 1.23. The number of nitrogens with zero attached hydrogens (tertiary/aromatic N) is 5. The second kappa shape index (κ2) is 10.5. The van der Waals surface area contributed by atoms with Gasteiger partial charge in [0.1, 0.15) is 28.9 Å². The van der Waals surface area contributed by atoms with E-state index >= 15 is 0 Å². The Balaban J connectivity index is 1.41. The van der Waals surface area contributed by atoms with E-state index in [0.717, 1.165) is 24.3 Å². The van der Waals surface area contributed by atoms with Crippen molar-refractivity contribution in [3.05, 3.63) is 34.3 Å². The number of hydrogen-bond donors (Lipinski definition) is 2. The summed E-state index contributed by atoms with van der Waals surface area (Å²) in [6, 6.07) is 3.71. The number of ether oxygens (including phenoxy) is 3. The zero-order valence-corrected chi connectivity index (χ0v) is 21.3. The number of benzene rings is 1. The van der Waals surface area contributed by atoms with Gasteiger partial charge in [0.15, 0.2) is 11.5 Å². The van der Waals surface area contributed by atoms with E-state index in [1.54, 1.807) is 12.6 Å². The molecule has 1 saturated heterocycles. The molecule has 3 atom stereocenters. The van der Waals surface area contributed by atoms with E-state index in [0.29, 0.717) is 41.5 Å². The maximum atomic E-state index is 12.6. The van der Waals surface area contributed by atoms with Gasteiger partial charge < -0.3 is 24.6 Å². The second-order valence-corrected chi connectivity index (χ2v) is 9.94. The number of thiazole rings is 1. The van der Waals surface area contributed by atoms with Crippen LogP contribution in [0.4, 0.5) is 5.82 Å². The Morgan fingerprint density at radius 2 is 2.17 bits per heavy atom. The van der Waals surface area contributed by atoms with Gasteiger partial charge in [0.05, 0.1) is 31.0 Å². The van der Waals surface area contributed by atoms with Crippen LogP contribution in [0.15, 0.2) is 28.8 Å². The molecule has 11 nitrogen and oxygen atoms in total. The normalized spacial score (nSPS) is 21.3. The van der Waals surface area contributed by atoms with Crippen LogP contribution in [0.2, 0.25) is 0 Å². The molecular formula is C24H30N6O5S. The Labute approximate surface area is 212 Å². The molecule has 0 spiro atoms. The van der Waals surface area contributed by atoms with E-state index in [9.17, 15) is 9.90 Å². The average molecular weight is 515 g/mol. The van der Waals surface area contributed by atoms with Crippen molar-refractivity contribution in [2.24, 2.45) is 4.99 Å². The molecular weight excluding hydrogens is 484 g/mol. The number of aromatic nitrogens is 3. The van der Waals surface area contributed by atoms with E-state index in [1.165, 1.54) is 17.5 Å². The summed E-state index contributed by atoms with van der Waals surface area (Å²) in [6.07, 6.45) is 1.07. The number of aliphatic hydroxyl groups is 1. The number of β-amino-alcohol motifs (C(OH)–C–C–N with tert-alkyl or cyclic N) is 1. The number of carbonyl (C=O) groups excluding carboxylic acids is 1. The minimum Gasteiger partial charge on any atom is -0.491 e. The SMILES string of the molecule is COc1c(OC[C@@H](O)CN2C[C@@H](C)O[C@@H](C)C2)ccc2c3n(c(=NC(=O)c4cncs4)nc12)CCN3. The number of aliphatic hydroxyl groups excluding tert-OH is 1. The van der Waals surface area contributed by atoms with E-state index < -0.39 is 12.0 Å². The fraction of sp³-hybridized carbons (Fsp3) is 0.500. The zero-order chi connectivity index (χ0) is 25.2. The van der Waals surface area contributed by atoms with Gasteiger partial charge in [-0.2, -0.15) is 4.99 Å². The molecule has 5 rings (SSSR count). The molecule has 1 amide bonds. The number of amides is 1. The summed E-state index contributed by atoms with van der Waals surface area (Å²) in [7, 11) is 1.54. The number of hydrogen-bond acceptors (Lipinski definition) is 10. The Morgan fingerprint density at radius 1 is 1.36 bits per heavy atom. The van der Waals surface area contributed by atoms with Crippen LogP contribution in [0.5, 0.6) is 11.5 Å². The molecule has 192 valence electrons. The molecule has 12 heteroatoms. The van der Waals surface area contributed by atoms with Gasteiger partial charge >= 0.3 is 0 Å². The Hall–Kier alpha value is -3.06. The topological polar surface area (TPSA) is 123 Å². The fourth-order valence-corrected chi connectivity index (χ4v) is 5.29. The summed E-state index contributed by atoms with van der Waals surface area (Å²) < 4.78 is 19.3. The lowest BCUT2D eigenvalue weighted by molar-refractivity contribution is -0.0787. The van der Waals surface area contributed by atoms with Gasteiger partial charge in [-0.1, -0.05) is 0 Å². The van der Waals surface area contributed by atoms with Crippen molar-refractivity contribution >= 4 is 34.0 Å². The van der Waals surface area contributed by atoms with Crippen LogP contribution < -0.4 is 20.4 Å². The monoisotopic (exact) mass is 514 g/mol. The third-order valence-electron chi connectivity index (χ3n) is 6.15. The predicted molar refractivity (Wildman–Crippen MR) is 135 cm³/mol. The van der Waals surface area contributed by atoms with Crippen LogP contribution in [0, 0.1) is 0 Å². The molecule has 1 aromatic carbocycles. The maximum Gasteiger partial charge on any atom is 0.291 e. The first-order chi connectivity index (χ1) is 17.4. The van der Waals surface area contributed by atoms with Gasteiger partial charge in [-0.3, -0.25) is 19.2 Å². The highest BCUT2D eigenvalue weighted by Crippen LogP contribution is 2.37. The van der Waals surface area contributed by atoms with Crippen molar-refractivity contribution < 1.29 is 24.1 Å². The minimum atomic E-state index is -0.685. The Morgan fingerprint density at radius 3 is 2.89 bits per heavy atom. The van der Waals surface area contributed by atoms with Crippen LogP contribution in [-0.4, -0.2) is 88.7 Å². The first-order valence-electron chi connectivity index (χ1n) is 11.9. The number of nitrogens with one attached hydrogen (secondary N) is 1. The number of fused-ring (bicyclic) bond motifs is 3. The summed E-state index contributed by atoms with van der Waals surface area (Å²) in [5.41, 5.74) is 2.40. The molecule has 0 bridgehead atoms. The van der Waals surface area contributed by atoms with Crippen molar-refractivity contribution in [3.63, 3.8) is 0 Å². The molecule has 2 aromatic heterocycles. The number of rotatable bonds is 7. The lowest BCUT2D eigenvalue weighted by atomic mass is 10.2. The van der Waals surface area contributed by atoms with Gasteiger partial charge in [0.2, 0.25) is 5.62 Å². The highest BCUT2D eigenvalue weighted by molar-refractivity contribution is 7.11. The number of carbonyl (C=O) groups is 1. The van der Waals surface area contributed by atoms with Crippen molar-refractivity contribution in [2.75, 3.05) is 45.2 Å². The van der Waals surface area contributed by atoms with Crippen LogP contribution in [0.25, 0.3) is 10.9 Å². The standard InChI is InChI=1S/C24H30N6O5S/c1-14-9-29(10-15(2)35-14)11-16(31)12-34-18-5-4-17-20(21(18)33-3)27-24(30-7-6-26-22(17)30)28-23(32)19-8-25-13-36-19/h4-5,8,13-16,26,31H,6-7,9-12H2,1-3H3/t14-,15+,16-/m0/s1. The molecule has 0 aliphatic carbocycles. The van der Waals surface area contributed by atoms with Gasteiger partial charge in [-0.15, -0.1) is 11.3 Å². The highest BCUT2D eigenvalue weighted by atomic mass is 32.1. The predicted octanol–water partition coefficient (Wildman–Crippen LogP) is 1.52. The zero-order valence-electron chi connectivity index (χ0n) is 20.5. The first kappa shape index (κ1) is 24.6. The molecule has 2 N–H and O–H groups in total. The highest BCUT2D eigenvalue weighted by Gasteiger charge is 2.25. The quantitative estimate of drug-likeness (QED) is 0.483. The lowest BCUT2D eigenvalue weighted by Crippen LogP contribution is -2.48. The minimum absolute atomic E-state index is 0.0982. The summed E-state index contributed by atoms with van der Waals surface area (Å²) in [6.45, 7) is 7.54. The lowest BCUT2D eigenvalue weighted by Gasteiger charge is -2.36. The van der Waals surface area contributed by atoms with Crippen LogP contribution >= 0.6 is 11.3 Å². The average Bonchev–Trinajstić information content (AvgIpc) is 3.54.